The molecule has 2 rings (SSSR count). The van der Waals surface area contributed by atoms with Gasteiger partial charge in [-0.3, -0.25) is 9.59 Å². The number of halogens is 4. The molecule has 0 saturated carbocycles. The fourth-order valence-corrected chi connectivity index (χ4v) is 2.59. The predicted octanol–water partition coefficient (Wildman–Crippen LogP) is 4.86. The van der Waals surface area contributed by atoms with Crippen LogP contribution in [0.3, 0.4) is 0 Å². The van der Waals surface area contributed by atoms with Gasteiger partial charge < -0.3 is 10.6 Å². The van der Waals surface area contributed by atoms with Crippen LogP contribution in [0.4, 0.5) is 18.9 Å². The summed E-state index contributed by atoms with van der Waals surface area (Å²) in [4.78, 5) is 24.9. The molecule has 0 heterocycles. The fraction of sp³-hybridized carbons (Fsp3) is 0.263. The lowest BCUT2D eigenvalue weighted by Crippen LogP contribution is -2.47. The minimum Gasteiger partial charge on any atom is -0.340 e. The second-order valence-corrected chi connectivity index (χ2v) is 7.18. The van der Waals surface area contributed by atoms with E-state index in [-0.39, 0.29) is 11.6 Å². The summed E-state index contributed by atoms with van der Waals surface area (Å²) in [5, 5.41) is 5.20. The molecule has 2 N–H and O–H groups in total. The summed E-state index contributed by atoms with van der Waals surface area (Å²) in [6, 6.07) is 9.94. The third-order valence-electron chi connectivity index (χ3n) is 3.82. The summed E-state index contributed by atoms with van der Waals surface area (Å²) in [5.74, 6) is -1.14. The maximum absolute atomic E-state index is 12.6. The summed E-state index contributed by atoms with van der Waals surface area (Å²) >= 11 is 3.28. The molecule has 0 bridgehead atoms. The molecule has 8 heteroatoms. The molecule has 0 aliphatic heterocycles. The zero-order valence-electron chi connectivity index (χ0n) is 14.6. The first-order chi connectivity index (χ1) is 12.6. The maximum Gasteiger partial charge on any atom is 0.416 e. The molecule has 2 aromatic carbocycles. The van der Waals surface area contributed by atoms with Crippen molar-refractivity contribution in [2.45, 2.75) is 26.1 Å². The van der Waals surface area contributed by atoms with E-state index in [2.05, 4.69) is 26.6 Å². The van der Waals surface area contributed by atoms with E-state index in [9.17, 15) is 22.8 Å². The summed E-state index contributed by atoms with van der Waals surface area (Å²) in [7, 11) is 0. The third kappa shape index (κ3) is 5.82. The molecule has 27 heavy (non-hydrogen) atoms. The Labute approximate surface area is 163 Å². The SMILES string of the molecule is CC(C)C(NC(=O)c1ccc(Br)cc1)C(=O)Nc1ccc(C(F)(F)F)cc1. The van der Waals surface area contributed by atoms with Crippen LogP contribution in [0.2, 0.25) is 0 Å². The van der Waals surface area contributed by atoms with E-state index in [4.69, 9.17) is 0 Å². The molecule has 0 fully saturated rings. The summed E-state index contributed by atoms with van der Waals surface area (Å²) in [6.07, 6.45) is -4.44. The first-order valence-electron chi connectivity index (χ1n) is 8.12. The van der Waals surface area contributed by atoms with Gasteiger partial charge in [-0.2, -0.15) is 13.2 Å². The average Bonchev–Trinajstić information content (AvgIpc) is 2.59. The molecule has 0 aromatic heterocycles. The lowest BCUT2D eigenvalue weighted by atomic mass is 10.0. The molecule has 2 amide bonds. The van der Waals surface area contributed by atoms with Crippen molar-refractivity contribution in [1.29, 1.82) is 0 Å². The summed E-state index contributed by atoms with van der Waals surface area (Å²) in [6.45, 7) is 3.53. The van der Waals surface area contributed by atoms with E-state index in [1.807, 2.05) is 0 Å². The maximum atomic E-state index is 12.6. The molecule has 4 nitrogen and oxygen atoms in total. The van der Waals surface area contributed by atoms with Gasteiger partial charge in [0.1, 0.15) is 6.04 Å². The Bertz CT molecular complexity index is 803. The van der Waals surface area contributed by atoms with Crippen molar-refractivity contribution in [3.63, 3.8) is 0 Å². The van der Waals surface area contributed by atoms with Crippen molar-refractivity contribution >= 4 is 33.4 Å². The van der Waals surface area contributed by atoms with Crippen molar-refractivity contribution in [3.05, 3.63) is 64.1 Å². The third-order valence-corrected chi connectivity index (χ3v) is 4.35. The number of carbonyl (C=O) groups is 2. The highest BCUT2D eigenvalue weighted by Gasteiger charge is 2.30. The van der Waals surface area contributed by atoms with E-state index in [0.717, 1.165) is 16.6 Å². The normalized spacial score (nSPS) is 12.6. The number of hydrogen-bond acceptors (Lipinski definition) is 2. The van der Waals surface area contributed by atoms with Crippen molar-refractivity contribution in [2.24, 2.45) is 5.92 Å². The second-order valence-electron chi connectivity index (χ2n) is 6.27. The number of rotatable bonds is 5. The van der Waals surface area contributed by atoms with Gasteiger partial charge in [0.05, 0.1) is 5.56 Å². The average molecular weight is 443 g/mol. The Morgan fingerprint density at radius 3 is 2.00 bits per heavy atom. The Balaban J connectivity index is 2.08. The monoisotopic (exact) mass is 442 g/mol. The Hall–Kier alpha value is -2.35. The van der Waals surface area contributed by atoms with Crippen LogP contribution in [0.25, 0.3) is 0 Å². The second kappa shape index (κ2) is 8.56. The highest BCUT2D eigenvalue weighted by molar-refractivity contribution is 9.10. The van der Waals surface area contributed by atoms with Gasteiger partial charge in [-0.15, -0.1) is 0 Å². The van der Waals surface area contributed by atoms with E-state index in [1.54, 1.807) is 38.1 Å². The quantitative estimate of drug-likeness (QED) is 0.694. The molecule has 0 saturated heterocycles. The van der Waals surface area contributed by atoms with Crippen LogP contribution < -0.4 is 10.6 Å². The van der Waals surface area contributed by atoms with Crippen molar-refractivity contribution < 1.29 is 22.8 Å². The fourth-order valence-electron chi connectivity index (χ4n) is 2.32. The van der Waals surface area contributed by atoms with E-state index in [0.29, 0.717) is 5.56 Å². The van der Waals surface area contributed by atoms with E-state index < -0.39 is 29.6 Å². The molecule has 0 radical (unpaired) electrons. The van der Waals surface area contributed by atoms with Gasteiger partial charge in [-0.05, 0) is 54.4 Å². The largest absolute Gasteiger partial charge is 0.416 e. The molecular formula is C19H18BrF3N2O2. The molecule has 0 spiro atoms. The van der Waals surface area contributed by atoms with Crippen LogP contribution in [0.1, 0.15) is 29.8 Å². The lowest BCUT2D eigenvalue weighted by molar-refractivity contribution is -0.137. The number of nitrogens with one attached hydrogen (secondary N) is 2. The van der Waals surface area contributed by atoms with Gasteiger partial charge in [0.15, 0.2) is 0 Å². The standard InChI is InChI=1S/C19H18BrF3N2O2/c1-11(2)16(25-17(26)12-3-7-14(20)8-4-12)18(27)24-15-9-5-13(6-10-15)19(21,22)23/h3-11,16H,1-2H3,(H,24,27)(H,25,26). The molecule has 2 aromatic rings. The van der Waals surface area contributed by atoms with Crippen LogP contribution >= 0.6 is 15.9 Å². The number of amides is 2. The van der Waals surface area contributed by atoms with Crippen molar-refractivity contribution in [1.82, 2.24) is 5.32 Å². The first kappa shape index (κ1) is 21.0. The van der Waals surface area contributed by atoms with E-state index >= 15 is 0 Å². The Morgan fingerprint density at radius 1 is 0.963 bits per heavy atom. The highest BCUT2D eigenvalue weighted by Crippen LogP contribution is 2.29. The topological polar surface area (TPSA) is 58.2 Å². The van der Waals surface area contributed by atoms with Gasteiger partial charge in [-0.1, -0.05) is 29.8 Å². The minimum atomic E-state index is -4.44. The molecule has 1 unspecified atom stereocenters. The van der Waals surface area contributed by atoms with Crippen LogP contribution in [0.15, 0.2) is 53.0 Å². The molecule has 0 aliphatic rings. The number of hydrogen-bond donors (Lipinski definition) is 2. The van der Waals surface area contributed by atoms with Crippen LogP contribution in [-0.4, -0.2) is 17.9 Å². The van der Waals surface area contributed by atoms with Gasteiger partial charge in [-0.25, -0.2) is 0 Å². The van der Waals surface area contributed by atoms with Gasteiger partial charge >= 0.3 is 6.18 Å². The Morgan fingerprint density at radius 2 is 1.52 bits per heavy atom. The number of carbonyl (C=O) groups excluding carboxylic acids is 2. The number of benzene rings is 2. The number of anilines is 1. The van der Waals surface area contributed by atoms with E-state index in [1.165, 1.54) is 12.1 Å². The first-order valence-corrected chi connectivity index (χ1v) is 8.92. The van der Waals surface area contributed by atoms with Crippen molar-refractivity contribution in [2.75, 3.05) is 5.32 Å². The van der Waals surface area contributed by atoms with Crippen molar-refractivity contribution in [3.8, 4) is 0 Å². The smallest absolute Gasteiger partial charge is 0.340 e. The molecular weight excluding hydrogens is 425 g/mol. The minimum absolute atomic E-state index is 0.219. The molecule has 144 valence electrons. The number of alkyl halides is 3. The van der Waals surface area contributed by atoms with Crippen LogP contribution in [0, 0.1) is 5.92 Å². The van der Waals surface area contributed by atoms with Gasteiger partial charge in [0, 0.05) is 15.7 Å². The van der Waals surface area contributed by atoms with Gasteiger partial charge in [0.2, 0.25) is 5.91 Å². The van der Waals surface area contributed by atoms with Gasteiger partial charge in [0.25, 0.3) is 5.91 Å². The highest BCUT2D eigenvalue weighted by atomic mass is 79.9. The van der Waals surface area contributed by atoms with Crippen LogP contribution in [0.5, 0.6) is 0 Å². The molecule has 1 atom stereocenters. The summed E-state index contributed by atoms with van der Waals surface area (Å²) < 4.78 is 38.6. The zero-order valence-corrected chi connectivity index (χ0v) is 16.2. The molecule has 0 aliphatic carbocycles. The van der Waals surface area contributed by atoms with Crippen LogP contribution in [-0.2, 0) is 11.0 Å². The Kier molecular flexibility index (Phi) is 6.64. The predicted molar refractivity (Wildman–Crippen MR) is 100 cm³/mol. The summed E-state index contributed by atoms with van der Waals surface area (Å²) in [5.41, 5.74) is -0.188. The zero-order chi connectivity index (χ0) is 20.2. The lowest BCUT2D eigenvalue weighted by Gasteiger charge is -2.22.